The van der Waals surface area contributed by atoms with Gasteiger partial charge in [-0.3, -0.25) is 4.90 Å². The van der Waals surface area contributed by atoms with E-state index in [0.29, 0.717) is 17.9 Å². The molecule has 3 nitrogen and oxygen atoms in total. The smallest absolute Gasteiger partial charge is 0.417 e. The first-order valence-electron chi connectivity index (χ1n) is 10.5. The Kier molecular flexibility index (Phi) is 5.18. The molecule has 0 spiro atoms. The number of fused-ring (bicyclic) bond motifs is 2. The van der Waals surface area contributed by atoms with E-state index in [2.05, 4.69) is 23.1 Å². The largest absolute Gasteiger partial charge is 0.493 e. The Balaban J connectivity index is 1.54. The fourth-order valence-corrected chi connectivity index (χ4v) is 4.46. The van der Waals surface area contributed by atoms with Gasteiger partial charge in [0.1, 0.15) is 5.76 Å². The Morgan fingerprint density at radius 3 is 2.50 bits per heavy atom. The average molecular weight is 437 g/mol. The molecular formula is C26H22F3NO2. The topological polar surface area (TPSA) is 25.6 Å². The summed E-state index contributed by atoms with van der Waals surface area (Å²) in [7, 11) is 1.53. The van der Waals surface area contributed by atoms with E-state index >= 15 is 0 Å². The fraction of sp³-hybridized carbons (Fsp3) is 0.231. The molecule has 0 N–H and O–H groups in total. The quantitative estimate of drug-likeness (QED) is 0.356. The zero-order valence-corrected chi connectivity index (χ0v) is 17.6. The molecule has 164 valence electrons. The van der Waals surface area contributed by atoms with Crippen molar-refractivity contribution >= 4 is 11.0 Å². The van der Waals surface area contributed by atoms with Gasteiger partial charge >= 0.3 is 6.18 Å². The third kappa shape index (κ3) is 3.75. The van der Waals surface area contributed by atoms with Crippen molar-refractivity contribution in [3.05, 3.63) is 89.0 Å². The summed E-state index contributed by atoms with van der Waals surface area (Å²) in [5, 5.41) is 0.773. The predicted molar refractivity (Wildman–Crippen MR) is 117 cm³/mol. The molecule has 0 amide bonds. The van der Waals surface area contributed by atoms with Crippen LogP contribution in [0.1, 0.15) is 22.3 Å². The molecule has 4 aromatic rings. The van der Waals surface area contributed by atoms with Crippen LogP contribution in [-0.2, 0) is 25.7 Å². The first-order chi connectivity index (χ1) is 15.4. The number of benzene rings is 3. The molecule has 0 fully saturated rings. The minimum absolute atomic E-state index is 0.0242. The third-order valence-corrected chi connectivity index (χ3v) is 6.06. The van der Waals surface area contributed by atoms with E-state index in [1.807, 2.05) is 18.2 Å². The molecule has 6 heteroatoms. The zero-order valence-electron chi connectivity index (χ0n) is 17.6. The Bertz CT molecular complexity index is 1280. The lowest BCUT2D eigenvalue weighted by Gasteiger charge is -2.29. The molecule has 5 rings (SSSR count). The maximum absolute atomic E-state index is 13.6. The number of hydrogen-bond donors (Lipinski definition) is 0. The van der Waals surface area contributed by atoms with E-state index in [9.17, 15) is 13.2 Å². The lowest BCUT2D eigenvalue weighted by atomic mass is 9.99. The number of alkyl halides is 3. The molecular weight excluding hydrogens is 415 g/mol. The molecule has 0 radical (unpaired) electrons. The van der Waals surface area contributed by atoms with Crippen LogP contribution in [0.5, 0.6) is 5.75 Å². The highest BCUT2D eigenvalue weighted by atomic mass is 19.4. The Labute approximate surface area is 184 Å². The van der Waals surface area contributed by atoms with Gasteiger partial charge in [0.25, 0.3) is 0 Å². The van der Waals surface area contributed by atoms with E-state index in [-0.39, 0.29) is 11.3 Å². The van der Waals surface area contributed by atoms with E-state index in [1.165, 1.54) is 30.4 Å². The summed E-state index contributed by atoms with van der Waals surface area (Å²) in [6.45, 7) is 2.44. The van der Waals surface area contributed by atoms with Crippen LogP contribution in [-0.4, -0.2) is 18.6 Å². The van der Waals surface area contributed by atoms with Crippen molar-refractivity contribution in [2.75, 3.05) is 13.7 Å². The van der Waals surface area contributed by atoms with E-state index in [1.54, 1.807) is 12.1 Å². The van der Waals surface area contributed by atoms with Crippen molar-refractivity contribution in [2.45, 2.75) is 25.7 Å². The number of nitrogens with zero attached hydrogens (tertiary/aromatic N) is 1. The fourth-order valence-electron chi connectivity index (χ4n) is 4.46. The second-order valence-electron chi connectivity index (χ2n) is 8.05. The molecule has 0 saturated heterocycles. The second kappa shape index (κ2) is 8.02. The monoisotopic (exact) mass is 437 g/mol. The number of ether oxygens (including phenoxy) is 1. The standard InChI is InChI=1S/C26H22F3NO2/c1-31-23-11-10-19(16-30-13-12-17-6-2-3-7-18(17)15-30)21-14-24(32-25(21)23)20-8-4-5-9-22(20)26(27,28)29/h2-11,14H,12-13,15-16H2,1H3. The first kappa shape index (κ1) is 20.6. The molecule has 0 unspecified atom stereocenters. The number of furan rings is 1. The highest BCUT2D eigenvalue weighted by Gasteiger charge is 2.34. The van der Waals surface area contributed by atoms with Gasteiger partial charge in [0.2, 0.25) is 0 Å². The minimum atomic E-state index is -4.47. The average Bonchev–Trinajstić information content (AvgIpc) is 3.25. The lowest BCUT2D eigenvalue weighted by molar-refractivity contribution is -0.137. The van der Waals surface area contributed by atoms with Gasteiger partial charge in [0.05, 0.1) is 12.7 Å². The summed E-state index contributed by atoms with van der Waals surface area (Å²) in [5.74, 6) is 0.686. The highest BCUT2D eigenvalue weighted by molar-refractivity contribution is 5.90. The molecule has 1 aliphatic rings. The molecule has 2 heterocycles. The van der Waals surface area contributed by atoms with Gasteiger partial charge in [-0.05, 0) is 41.3 Å². The number of methoxy groups -OCH3 is 1. The summed E-state index contributed by atoms with van der Waals surface area (Å²) < 4.78 is 52.1. The van der Waals surface area contributed by atoms with Crippen LogP contribution in [0.2, 0.25) is 0 Å². The number of hydrogen-bond acceptors (Lipinski definition) is 3. The summed E-state index contributed by atoms with van der Waals surface area (Å²) in [5.41, 5.74) is 3.46. The van der Waals surface area contributed by atoms with Gasteiger partial charge in [-0.1, -0.05) is 48.5 Å². The predicted octanol–water partition coefficient (Wildman–Crippen LogP) is 6.69. The normalized spacial score (nSPS) is 14.5. The SMILES string of the molecule is COc1ccc(CN2CCc3ccccc3C2)c2cc(-c3ccccc3C(F)(F)F)oc12. The molecule has 3 aromatic carbocycles. The van der Waals surface area contributed by atoms with Crippen molar-refractivity contribution in [1.29, 1.82) is 0 Å². The summed E-state index contributed by atoms with van der Waals surface area (Å²) in [4.78, 5) is 2.35. The number of rotatable bonds is 4. The van der Waals surface area contributed by atoms with Gasteiger partial charge in [-0.25, -0.2) is 0 Å². The zero-order chi connectivity index (χ0) is 22.3. The lowest BCUT2D eigenvalue weighted by Crippen LogP contribution is -2.30. The first-order valence-corrected chi connectivity index (χ1v) is 10.5. The Morgan fingerprint density at radius 2 is 1.72 bits per heavy atom. The van der Waals surface area contributed by atoms with Gasteiger partial charge in [-0.15, -0.1) is 0 Å². The van der Waals surface area contributed by atoms with Crippen LogP contribution in [0.4, 0.5) is 13.2 Å². The molecule has 0 aliphatic carbocycles. The van der Waals surface area contributed by atoms with Crippen LogP contribution in [0, 0.1) is 0 Å². The van der Waals surface area contributed by atoms with E-state index < -0.39 is 11.7 Å². The van der Waals surface area contributed by atoms with Crippen molar-refractivity contribution in [1.82, 2.24) is 4.90 Å². The van der Waals surface area contributed by atoms with E-state index in [0.717, 1.165) is 36.5 Å². The van der Waals surface area contributed by atoms with Crippen LogP contribution < -0.4 is 4.74 Å². The van der Waals surface area contributed by atoms with Crippen LogP contribution in [0.3, 0.4) is 0 Å². The second-order valence-corrected chi connectivity index (χ2v) is 8.05. The van der Waals surface area contributed by atoms with Crippen LogP contribution in [0.25, 0.3) is 22.3 Å². The van der Waals surface area contributed by atoms with Gasteiger partial charge < -0.3 is 9.15 Å². The van der Waals surface area contributed by atoms with Gasteiger partial charge in [0, 0.05) is 30.6 Å². The van der Waals surface area contributed by atoms with Crippen molar-refractivity contribution in [2.24, 2.45) is 0 Å². The Morgan fingerprint density at radius 1 is 0.969 bits per heavy atom. The maximum Gasteiger partial charge on any atom is 0.417 e. The minimum Gasteiger partial charge on any atom is -0.493 e. The summed E-state index contributed by atoms with van der Waals surface area (Å²) >= 11 is 0. The molecule has 1 aliphatic heterocycles. The maximum atomic E-state index is 13.6. The van der Waals surface area contributed by atoms with Crippen molar-refractivity contribution in [3.63, 3.8) is 0 Å². The number of halogens is 3. The summed E-state index contributed by atoms with van der Waals surface area (Å²) in [6.07, 6.45) is -3.49. The molecule has 0 saturated carbocycles. The van der Waals surface area contributed by atoms with Crippen molar-refractivity contribution < 1.29 is 22.3 Å². The molecule has 1 aromatic heterocycles. The van der Waals surface area contributed by atoms with Gasteiger partial charge in [-0.2, -0.15) is 13.2 Å². The molecule has 32 heavy (non-hydrogen) atoms. The van der Waals surface area contributed by atoms with E-state index in [4.69, 9.17) is 9.15 Å². The van der Waals surface area contributed by atoms with Gasteiger partial charge in [0.15, 0.2) is 11.3 Å². The molecule has 0 bridgehead atoms. The highest BCUT2D eigenvalue weighted by Crippen LogP contribution is 2.41. The Hall–Kier alpha value is -3.25. The third-order valence-electron chi connectivity index (χ3n) is 6.06. The summed E-state index contributed by atoms with van der Waals surface area (Å²) in [6, 6.07) is 19.4. The molecule has 0 atom stereocenters. The van der Waals surface area contributed by atoms with Crippen LogP contribution >= 0.6 is 0 Å². The van der Waals surface area contributed by atoms with Crippen LogP contribution in [0.15, 0.2) is 71.1 Å². The van der Waals surface area contributed by atoms with Crippen molar-refractivity contribution in [3.8, 4) is 17.1 Å².